The Morgan fingerprint density at radius 2 is 1.02 bits per heavy atom. The Morgan fingerprint density at radius 1 is 0.541 bits per heavy atom. The number of aryl methyl sites for hydroxylation is 3. The fourth-order valence-corrected chi connectivity index (χ4v) is 17.0. The van der Waals surface area contributed by atoms with Crippen LogP contribution in [-0.4, -0.2) is 364 Å². The van der Waals surface area contributed by atoms with Crippen LogP contribution in [0.1, 0.15) is 96.8 Å². The number of nitrogens with one attached hydrogen (secondary N) is 3. The van der Waals surface area contributed by atoms with Crippen LogP contribution in [0.3, 0.4) is 0 Å². The molecule has 0 aliphatic carbocycles. The topological polar surface area (TPSA) is 406 Å². The van der Waals surface area contributed by atoms with Crippen molar-refractivity contribution in [1.82, 2.24) is 115 Å². The summed E-state index contributed by atoms with van der Waals surface area (Å²) in [6.07, 6.45) is 14.3. The Labute approximate surface area is 776 Å². The SMILES string of the molecule is CC[C@H](C)C1C(=O)N(CCN2CCOCC2)C(=O)N1C.CC[C@H](C)[C@@H]1NCCN(CCN2CCOCC2)C1=O.CC[C@H](C)[C@H](NC)C(=O)CCCN1CCOCC1.CN(C)C1CCN(C(=O)Cn2cnc3c2c(=O)n(C)c(=O)n3C)CC1.CN(C)Cc1ccn(C(=O)Cn2cnc3c2c(=O)n(C)c(=O)n3C)c1.CN(C)c1cccc(NC(=O)Cn2cnc3c2c(=O)n(C)c(=O)n3C)c1. The minimum absolute atomic E-state index is 0.0171. The van der Waals surface area contributed by atoms with E-state index in [0.29, 0.717) is 61.1 Å². The molecule has 14 rings (SSSR count). The number of Topliss-reactive ketones (excluding diaryl/α,β-unsaturated/α-hetero) is 1. The largest absolute Gasteiger partial charge is 0.379 e. The number of urea groups is 1. The highest BCUT2D eigenvalue weighted by molar-refractivity contribution is 6.04. The maximum atomic E-state index is 12.6. The molecule has 1 aromatic carbocycles. The van der Waals surface area contributed by atoms with Gasteiger partial charge in [0, 0.05) is 198 Å². The zero-order chi connectivity index (χ0) is 97.4. The second-order valence-corrected chi connectivity index (χ2v) is 35.8. The molecule has 13 heterocycles. The van der Waals surface area contributed by atoms with Gasteiger partial charge in [0.25, 0.3) is 28.5 Å². The lowest BCUT2D eigenvalue weighted by atomic mass is 9.93. The van der Waals surface area contributed by atoms with Crippen LogP contribution >= 0.6 is 0 Å². The summed E-state index contributed by atoms with van der Waals surface area (Å²) >= 11 is 0. The third-order valence-electron chi connectivity index (χ3n) is 25.9. The molecule has 3 N–H and O–H groups in total. The molecule has 6 fully saturated rings. The fraction of sp³-hybridized carbons (Fsp3) is 0.648. The van der Waals surface area contributed by atoms with E-state index in [1.165, 1.54) is 84.0 Å². The molecule has 6 aliphatic rings. The highest BCUT2D eigenvalue weighted by atomic mass is 16.5. The van der Waals surface area contributed by atoms with Crippen LogP contribution in [0.4, 0.5) is 16.2 Å². The first-order chi connectivity index (χ1) is 63.4. The van der Waals surface area contributed by atoms with Gasteiger partial charge in [-0.2, -0.15) is 0 Å². The van der Waals surface area contributed by atoms with E-state index in [0.717, 1.165) is 188 Å². The Bertz CT molecular complexity index is 5630. The minimum Gasteiger partial charge on any atom is -0.379 e. The number of ketones is 1. The molecule has 6 atom stereocenters. The van der Waals surface area contributed by atoms with Crippen molar-refractivity contribution in [2.75, 3.05) is 204 Å². The van der Waals surface area contributed by atoms with Gasteiger partial charge in [0.2, 0.25) is 17.7 Å². The van der Waals surface area contributed by atoms with E-state index >= 15 is 0 Å². The number of morpholine rings is 3. The first-order valence-corrected chi connectivity index (χ1v) is 46.3. The summed E-state index contributed by atoms with van der Waals surface area (Å²) in [6, 6.07) is 9.40. The number of piperazine rings is 1. The molecule has 42 nitrogen and oxygen atoms in total. The van der Waals surface area contributed by atoms with Crippen molar-refractivity contribution in [2.45, 2.75) is 137 Å². The van der Waals surface area contributed by atoms with Gasteiger partial charge in [-0.1, -0.05) is 66.9 Å². The first kappa shape index (κ1) is 106. The van der Waals surface area contributed by atoms with E-state index in [4.69, 9.17) is 14.2 Å². The summed E-state index contributed by atoms with van der Waals surface area (Å²) in [4.78, 5) is 192. The number of hydrogen-bond acceptors (Lipinski definition) is 27. The molecular formula is C91H144N26O16. The number of aromatic nitrogens is 13. The maximum Gasteiger partial charge on any atom is 0.332 e. The number of likely N-dealkylation sites (N-methyl/N-ethyl adjacent to an activating group) is 2. The zero-order valence-electron chi connectivity index (χ0n) is 81.8. The summed E-state index contributed by atoms with van der Waals surface area (Å²) in [5, 5.41) is 9.33. The zero-order valence-corrected chi connectivity index (χ0v) is 81.8. The monoisotopic (exact) mass is 1860 g/mol. The molecule has 734 valence electrons. The van der Waals surface area contributed by atoms with E-state index in [2.05, 4.69) is 92.3 Å². The van der Waals surface area contributed by atoms with Gasteiger partial charge >= 0.3 is 23.1 Å². The molecule has 6 saturated heterocycles. The second-order valence-electron chi connectivity index (χ2n) is 35.8. The predicted octanol–water partition coefficient (Wildman–Crippen LogP) is 0.856. The van der Waals surface area contributed by atoms with Gasteiger partial charge in [0.05, 0.1) is 70.7 Å². The summed E-state index contributed by atoms with van der Waals surface area (Å²) < 4.78 is 28.9. The van der Waals surface area contributed by atoms with Crippen LogP contribution in [0, 0.1) is 17.8 Å². The molecule has 0 bridgehead atoms. The Balaban J connectivity index is 0.000000180. The van der Waals surface area contributed by atoms with Gasteiger partial charge < -0.3 is 73.3 Å². The van der Waals surface area contributed by atoms with Gasteiger partial charge in [-0.05, 0) is 109 Å². The van der Waals surface area contributed by atoms with Crippen molar-refractivity contribution in [1.29, 1.82) is 0 Å². The molecule has 7 aromatic heterocycles. The number of amides is 6. The number of anilines is 2. The molecule has 6 amide bonds. The van der Waals surface area contributed by atoms with E-state index in [1.54, 1.807) is 44.5 Å². The highest BCUT2D eigenvalue weighted by Crippen LogP contribution is 2.26. The van der Waals surface area contributed by atoms with Crippen molar-refractivity contribution in [3.63, 3.8) is 0 Å². The second kappa shape index (κ2) is 49.9. The van der Waals surface area contributed by atoms with Crippen molar-refractivity contribution in [2.24, 2.45) is 60.0 Å². The lowest BCUT2D eigenvalue weighted by molar-refractivity contribution is -0.137. The number of piperidine rings is 1. The molecule has 1 unspecified atom stereocenters. The molecule has 42 heteroatoms. The van der Waals surface area contributed by atoms with Crippen LogP contribution in [-0.2, 0) is 107 Å². The van der Waals surface area contributed by atoms with Gasteiger partial charge in [0.15, 0.2) is 33.5 Å². The lowest BCUT2D eigenvalue weighted by Gasteiger charge is -2.37. The van der Waals surface area contributed by atoms with Crippen molar-refractivity contribution in [3.8, 4) is 0 Å². The molecule has 8 aromatic rings. The fourth-order valence-electron chi connectivity index (χ4n) is 17.0. The van der Waals surface area contributed by atoms with Crippen molar-refractivity contribution >= 4 is 86.2 Å². The van der Waals surface area contributed by atoms with Crippen LogP contribution in [0.15, 0.2) is 90.5 Å². The first-order valence-electron chi connectivity index (χ1n) is 46.3. The van der Waals surface area contributed by atoms with Crippen LogP contribution in [0.5, 0.6) is 0 Å². The summed E-state index contributed by atoms with van der Waals surface area (Å²) in [5.41, 5.74) is 1.45. The van der Waals surface area contributed by atoms with E-state index in [9.17, 15) is 62.3 Å². The number of benzene rings is 1. The number of nitrogens with zero attached hydrogens (tertiary/aromatic N) is 23. The van der Waals surface area contributed by atoms with Crippen LogP contribution < -0.4 is 54.6 Å². The Kier molecular flexibility index (Phi) is 39.6. The number of fused-ring (bicyclic) bond motifs is 3. The molecule has 133 heavy (non-hydrogen) atoms. The number of likely N-dealkylation sites (tertiary alicyclic amines) is 1. The van der Waals surface area contributed by atoms with E-state index < -0.39 is 33.7 Å². The average Bonchev–Trinajstić information content (AvgIpc) is 1.65. The number of ether oxygens (including phenoxy) is 3. The number of carbonyl (C=O) groups is 7. The number of hydrogen-bond donors (Lipinski definition) is 3. The Morgan fingerprint density at radius 3 is 1.47 bits per heavy atom. The normalized spacial score (nSPS) is 18.0. The number of rotatable bonds is 29. The number of imidazole rings is 3. The van der Waals surface area contributed by atoms with Crippen molar-refractivity contribution < 1.29 is 47.8 Å². The van der Waals surface area contributed by atoms with Crippen LogP contribution in [0.25, 0.3) is 33.5 Å². The van der Waals surface area contributed by atoms with Crippen LogP contribution in [0.2, 0.25) is 0 Å². The summed E-state index contributed by atoms with van der Waals surface area (Å²) in [6.45, 7) is 31.1. The molecular weight excluding hydrogens is 1710 g/mol. The molecule has 0 saturated carbocycles. The predicted molar refractivity (Wildman–Crippen MR) is 510 cm³/mol. The van der Waals surface area contributed by atoms with Gasteiger partial charge in [-0.3, -0.25) is 94.7 Å². The average molecular weight is 1860 g/mol. The third kappa shape index (κ3) is 27.2. The lowest BCUT2D eigenvalue weighted by Crippen LogP contribution is -2.58. The number of carbonyl (C=O) groups excluding carboxylic acids is 7. The van der Waals surface area contributed by atoms with Gasteiger partial charge in [-0.25, -0.2) is 34.1 Å². The summed E-state index contributed by atoms with van der Waals surface area (Å²) in [7, 11) is 24.3. The third-order valence-corrected chi connectivity index (χ3v) is 25.9. The summed E-state index contributed by atoms with van der Waals surface area (Å²) in [5.74, 6) is 1.12. The Hall–Kier alpha value is -11.0. The number of imide groups is 1. The maximum absolute atomic E-state index is 12.6. The molecule has 0 spiro atoms. The molecule has 0 radical (unpaired) electrons. The van der Waals surface area contributed by atoms with E-state index in [1.807, 2.05) is 93.0 Å². The highest BCUT2D eigenvalue weighted by Gasteiger charge is 2.45. The molecule has 6 aliphatic heterocycles. The minimum atomic E-state index is -0.483. The van der Waals surface area contributed by atoms with Crippen molar-refractivity contribution in [3.05, 3.63) is 130 Å². The standard InChI is InChI=1S/C17H20N6O3.C16H24N6O3.C16H20N6O3.C14H25N3O3.C14H27N3O2.C14H28N2O2/c1-20(2)12-7-5-6-11(8-12)19-13(24)9-23-10-18-15-14(23)16(25)22(4)17(26)21(15)3;1-18(2)11-5-7-21(8-6-11)12(23)9-22-10-17-14-13(22)15(24)20(4)16(25)19(14)3;1-18(2)7-11-5-6-21(8-11)12(23)9-22-10-17-14-13(22)15(24)20(4)16(25)19(14)3;1-4-11(2)12-13(18)17(14(19)15(12)3)6-5-16-7-9-20-10-8-16;1-3-12(2)13-14(18)17(5-4-15-13)7-6-16-8-10-19-11-9-16;1-4-12(2)14(15-3)13(17)6-5-7-16-8-10-18-11-9-16/h5-8,10H,9H2,1-4H3,(H,19,24);10-11H,5-9H2,1-4H3;5-6,8,10H,7,9H2,1-4H3;11-12H,4-10H2,1-3H3;12-13,15H,3-11H2,1-2H3;12,14-15H,4-11H2,1-3H3/t;;;11-,12?;12-,13-;12-,14-/m...000/s1. The quantitative estimate of drug-likeness (QED) is 0.0547. The van der Waals surface area contributed by atoms with Gasteiger partial charge in [0.1, 0.15) is 31.5 Å². The van der Waals surface area contributed by atoms with E-state index in [-0.39, 0.29) is 107 Å². The van der Waals surface area contributed by atoms with Gasteiger partial charge in [-0.15, -0.1) is 0 Å². The smallest absolute Gasteiger partial charge is 0.332 e.